The number of pyridine rings is 2. The van der Waals surface area contributed by atoms with E-state index in [2.05, 4.69) is 24.7 Å². The lowest BCUT2D eigenvalue weighted by Crippen LogP contribution is -2.17. The summed E-state index contributed by atoms with van der Waals surface area (Å²) in [7, 11) is -1.84. The molecule has 0 aliphatic carbocycles. The summed E-state index contributed by atoms with van der Waals surface area (Å²) >= 11 is 0. The fraction of sp³-hybridized carbons (Fsp3) is 0.130. The molecule has 0 radical (unpaired) electrons. The average molecular weight is 483 g/mol. The molecule has 0 saturated heterocycles. The van der Waals surface area contributed by atoms with Gasteiger partial charge in [-0.15, -0.1) is 0 Å². The summed E-state index contributed by atoms with van der Waals surface area (Å²) < 4.78 is 69.7. The minimum atomic E-state index is -4.62. The smallest absolute Gasteiger partial charge is 0.280 e. The number of aromatic nitrogens is 4. The summed E-state index contributed by atoms with van der Waals surface area (Å²) in [4.78, 5) is 16.4. The number of methoxy groups -OCH3 is 2. The van der Waals surface area contributed by atoms with Crippen LogP contribution in [0.5, 0.6) is 23.1 Å². The zero-order valence-corrected chi connectivity index (χ0v) is 19.2. The molecule has 174 valence electrons. The van der Waals surface area contributed by atoms with Crippen molar-refractivity contribution in [2.45, 2.75) is 11.9 Å². The predicted octanol–water partition coefficient (Wildman–Crippen LogP) is 3.85. The number of hydrogen-bond donors (Lipinski definition) is 1. The van der Waals surface area contributed by atoms with Crippen LogP contribution in [-0.2, 0) is 10.0 Å². The standard InChI is InChI=1S/C23H21N5O5S/c1-15-8-9-19(25-14-15)34(29,30)28-22-20(33-18-7-5-4-6-17(18)31-2)23(32-3)27-21(26-22)16-10-12-24-13-11-16/h4-14H,1-3H3,(H,26,27,28)/i8D,9D,14D. The molecule has 0 aliphatic rings. The number of nitrogens with zero attached hydrogens (tertiary/aromatic N) is 4. The van der Waals surface area contributed by atoms with E-state index in [0.29, 0.717) is 11.3 Å². The fourth-order valence-corrected chi connectivity index (χ4v) is 3.65. The topological polar surface area (TPSA) is 125 Å². The van der Waals surface area contributed by atoms with Crippen LogP contribution in [0.15, 0.2) is 72.1 Å². The maximum Gasteiger partial charge on any atom is 0.280 e. The number of para-hydroxylation sites is 2. The highest BCUT2D eigenvalue weighted by Gasteiger charge is 2.25. The predicted molar refractivity (Wildman–Crippen MR) is 125 cm³/mol. The molecule has 4 rings (SSSR count). The highest BCUT2D eigenvalue weighted by atomic mass is 32.2. The van der Waals surface area contributed by atoms with Crippen LogP contribution < -0.4 is 18.9 Å². The molecule has 0 amide bonds. The summed E-state index contributed by atoms with van der Waals surface area (Å²) in [6.45, 7) is 1.41. The Labute approximate surface area is 200 Å². The van der Waals surface area contributed by atoms with Gasteiger partial charge in [0.2, 0.25) is 5.75 Å². The third-order valence-corrected chi connectivity index (χ3v) is 5.58. The van der Waals surface area contributed by atoms with Crippen molar-refractivity contribution in [3.63, 3.8) is 0 Å². The summed E-state index contributed by atoms with van der Waals surface area (Å²) in [5, 5.41) is -0.806. The van der Waals surface area contributed by atoms with Gasteiger partial charge in [0.15, 0.2) is 28.2 Å². The Morgan fingerprint density at radius 2 is 1.71 bits per heavy atom. The molecule has 3 aromatic heterocycles. The molecule has 34 heavy (non-hydrogen) atoms. The van der Waals surface area contributed by atoms with Crippen molar-refractivity contribution in [1.29, 1.82) is 0 Å². The molecule has 1 aromatic carbocycles. The maximum atomic E-state index is 13.4. The average Bonchev–Trinajstić information content (AvgIpc) is 2.90. The van der Waals surface area contributed by atoms with Crippen LogP contribution in [-0.4, -0.2) is 42.6 Å². The van der Waals surface area contributed by atoms with Gasteiger partial charge in [0, 0.05) is 24.1 Å². The van der Waals surface area contributed by atoms with Gasteiger partial charge in [-0.05, 0) is 42.8 Å². The SMILES string of the molecule is [2H]c1nc(S(=O)(=O)Nc2nc(-c3ccncc3)nc(OC)c2Oc2ccccc2OC)c([2H])c([2H])c1C. The lowest BCUT2D eigenvalue weighted by Gasteiger charge is -2.17. The van der Waals surface area contributed by atoms with E-state index in [0.717, 1.165) is 0 Å². The van der Waals surface area contributed by atoms with Crippen LogP contribution in [0.4, 0.5) is 5.82 Å². The van der Waals surface area contributed by atoms with Gasteiger partial charge in [-0.3, -0.25) is 9.71 Å². The van der Waals surface area contributed by atoms with Gasteiger partial charge in [0.25, 0.3) is 15.9 Å². The second-order valence-electron chi connectivity index (χ2n) is 6.73. The van der Waals surface area contributed by atoms with Crippen molar-refractivity contribution in [3.05, 3.63) is 72.6 Å². The molecule has 0 spiro atoms. The Morgan fingerprint density at radius 1 is 0.971 bits per heavy atom. The molecule has 10 nitrogen and oxygen atoms in total. The summed E-state index contributed by atoms with van der Waals surface area (Å²) in [5.41, 5.74) is 0.585. The molecule has 0 aliphatic heterocycles. The van der Waals surface area contributed by atoms with E-state index in [1.807, 2.05) is 0 Å². The molecule has 0 unspecified atom stereocenters. The van der Waals surface area contributed by atoms with Crippen LogP contribution >= 0.6 is 0 Å². The van der Waals surface area contributed by atoms with Gasteiger partial charge < -0.3 is 14.2 Å². The third kappa shape index (κ3) is 4.89. The minimum Gasteiger partial charge on any atom is -0.493 e. The molecule has 11 heteroatoms. The van der Waals surface area contributed by atoms with E-state index >= 15 is 0 Å². The number of sulfonamides is 1. The summed E-state index contributed by atoms with van der Waals surface area (Å²) in [5.74, 6) is 0.0439. The zero-order chi connectivity index (χ0) is 26.7. The van der Waals surface area contributed by atoms with Crippen molar-refractivity contribution in [1.82, 2.24) is 19.9 Å². The van der Waals surface area contributed by atoms with Crippen LogP contribution in [0.3, 0.4) is 0 Å². The molecule has 3 heterocycles. The van der Waals surface area contributed by atoms with Crippen molar-refractivity contribution < 1.29 is 26.7 Å². The molecule has 0 fully saturated rings. The lowest BCUT2D eigenvalue weighted by molar-refractivity contribution is 0.348. The quantitative estimate of drug-likeness (QED) is 0.398. The lowest BCUT2D eigenvalue weighted by atomic mass is 10.2. The molecule has 1 N–H and O–H groups in total. The Morgan fingerprint density at radius 3 is 2.41 bits per heavy atom. The summed E-state index contributed by atoms with van der Waals surface area (Å²) in [6, 6.07) is 8.81. The normalized spacial score (nSPS) is 12.3. The number of ether oxygens (including phenoxy) is 3. The van der Waals surface area contributed by atoms with E-state index < -0.39 is 33.3 Å². The first-order valence-corrected chi connectivity index (χ1v) is 11.3. The fourth-order valence-electron chi connectivity index (χ4n) is 2.81. The molecular weight excluding hydrogens is 458 g/mol. The Hall–Kier alpha value is -4.25. The highest BCUT2D eigenvalue weighted by molar-refractivity contribution is 7.92. The van der Waals surface area contributed by atoms with Crippen molar-refractivity contribution in [2.24, 2.45) is 0 Å². The Balaban J connectivity index is 1.91. The number of nitrogens with one attached hydrogen (secondary N) is 1. The molecular formula is C23H21N5O5S. The number of rotatable bonds is 8. The first-order chi connectivity index (χ1) is 17.7. The van der Waals surface area contributed by atoms with Gasteiger partial charge in [-0.2, -0.15) is 13.4 Å². The monoisotopic (exact) mass is 482 g/mol. The Kier molecular flexibility index (Phi) is 5.49. The van der Waals surface area contributed by atoms with Gasteiger partial charge in [-0.25, -0.2) is 9.97 Å². The van der Waals surface area contributed by atoms with E-state index in [9.17, 15) is 8.42 Å². The van der Waals surface area contributed by atoms with E-state index in [-0.39, 0.29) is 34.6 Å². The largest absolute Gasteiger partial charge is 0.493 e. The van der Waals surface area contributed by atoms with Gasteiger partial charge >= 0.3 is 0 Å². The molecule has 4 aromatic rings. The first-order valence-electron chi connectivity index (χ1n) is 11.3. The summed E-state index contributed by atoms with van der Waals surface area (Å²) in [6.07, 6.45) is 2.59. The zero-order valence-electron chi connectivity index (χ0n) is 21.4. The van der Waals surface area contributed by atoms with Gasteiger partial charge in [-0.1, -0.05) is 18.2 Å². The second kappa shape index (κ2) is 9.71. The van der Waals surface area contributed by atoms with Crippen molar-refractivity contribution in [2.75, 3.05) is 18.9 Å². The third-order valence-electron chi connectivity index (χ3n) is 4.42. The number of hydrogen-bond acceptors (Lipinski definition) is 9. The highest BCUT2D eigenvalue weighted by Crippen LogP contribution is 2.41. The van der Waals surface area contributed by atoms with E-state index in [1.165, 1.54) is 33.5 Å². The molecule has 0 saturated carbocycles. The molecule has 0 bridgehead atoms. The molecule has 0 atom stereocenters. The van der Waals surface area contributed by atoms with Crippen LogP contribution in [0.25, 0.3) is 11.4 Å². The van der Waals surface area contributed by atoms with Crippen LogP contribution in [0.1, 0.15) is 9.68 Å². The maximum absolute atomic E-state index is 13.4. The van der Waals surface area contributed by atoms with Gasteiger partial charge in [0.05, 0.1) is 18.3 Å². The Bertz CT molecular complexity index is 1570. The number of anilines is 1. The van der Waals surface area contributed by atoms with Crippen LogP contribution in [0, 0.1) is 6.92 Å². The second-order valence-corrected chi connectivity index (χ2v) is 8.33. The van der Waals surface area contributed by atoms with E-state index in [1.54, 1.807) is 36.4 Å². The van der Waals surface area contributed by atoms with Crippen molar-refractivity contribution >= 4 is 15.8 Å². The first kappa shape index (κ1) is 19.2. The minimum absolute atomic E-state index is 0.0767. The number of benzene rings is 1. The van der Waals surface area contributed by atoms with Gasteiger partial charge in [0.1, 0.15) is 0 Å². The van der Waals surface area contributed by atoms with Crippen LogP contribution in [0.2, 0.25) is 0 Å². The van der Waals surface area contributed by atoms with E-state index in [4.69, 9.17) is 18.3 Å². The van der Waals surface area contributed by atoms with Crippen molar-refractivity contribution in [3.8, 4) is 34.5 Å².